The molecule has 1 aromatic heterocycles. The molecule has 0 spiro atoms. The molecule has 1 aliphatic heterocycles. The molecule has 1 saturated carbocycles. The third-order valence-electron chi connectivity index (χ3n) is 4.64. The zero-order valence-electron chi connectivity index (χ0n) is 10.6. The largest absolute Gasteiger partial charge is 0.388 e. The molecule has 3 N–H and O–H groups in total. The van der Waals surface area contributed by atoms with Crippen molar-refractivity contribution in [3.63, 3.8) is 0 Å². The average Bonchev–Trinajstić information content (AvgIpc) is 2.73. The predicted molar refractivity (Wildman–Crippen MR) is 64.7 cm³/mol. The fourth-order valence-electron chi connectivity index (χ4n) is 3.08. The van der Waals surface area contributed by atoms with Gasteiger partial charge in [-0.3, -0.25) is 4.57 Å². The molecule has 5 atom stereocenters. The highest BCUT2D eigenvalue weighted by atomic mass is 16.6. The Morgan fingerprint density at radius 1 is 1.68 bits per heavy atom. The van der Waals surface area contributed by atoms with E-state index in [1.165, 1.54) is 16.8 Å². The topological polar surface area (TPSA) is 114 Å². The highest BCUT2D eigenvalue weighted by molar-refractivity contribution is 5.38. The van der Waals surface area contributed by atoms with Crippen LogP contribution in [0.25, 0.3) is 0 Å². The quantitative estimate of drug-likeness (QED) is 0.714. The lowest BCUT2D eigenvalue weighted by Crippen LogP contribution is -2.33. The minimum absolute atomic E-state index is 0.137. The Labute approximate surface area is 109 Å². The van der Waals surface area contributed by atoms with E-state index in [2.05, 4.69) is 4.98 Å². The van der Waals surface area contributed by atoms with Crippen LogP contribution in [0.1, 0.15) is 20.1 Å². The Hall–Kier alpha value is -1.91. The van der Waals surface area contributed by atoms with Gasteiger partial charge < -0.3 is 15.6 Å². The summed E-state index contributed by atoms with van der Waals surface area (Å²) in [6.07, 6.45) is 0.0552. The van der Waals surface area contributed by atoms with Gasteiger partial charge in [-0.05, 0) is 6.07 Å². The summed E-state index contributed by atoms with van der Waals surface area (Å²) >= 11 is 0. The van der Waals surface area contributed by atoms with Gasteiger partial charge in [0.25, 0.3) is 0 Å². The molecule has 2 heterocycles. The van der Waals surface area contributed by atoms with Crippen LogP contribution in [0.2, 0.25) is 0 Å². The minimum atomic E-state index is -1.22. The van der Waals surface area contributed by atoms with Crippen molar-refractivity contribution in [2.75, 3.05) is 5.73 Å². The number of fused-ring (bicyclic) bond motifs is 1. The molecule has 7 nitrogen and oxygen atoms in total. The van der Waals surface area contributed by atoms with Crippen LogP contribution in [0.5, 0.6) is 0 Å². The van der Waals surface area contributed by atoms with Crippen LogP contribution in [-0.2, 0) is 4.74 Å². The number of anilines is 1. The maximum absolute atomic E-state index is 11.8. The van der Waals surface area contributed by atoms with Crippen molar-refractivity contribution in [3.8, 4) is 6.07 Å². The second-order valence-corrected chi connectivity index (χ2v) is 5.37. The number of hydrogen-bond acceptors (Lipinski definition) is 6. The minimum Gasteiger partial charge on any atom is -0.388 e. The SMILES string of the molecule is C[C@H]1[C@H](n2ccc(N)nc2=O)O[C@]2(C#N)C(O)[C@]12C. The van der Waals surface area contributed by atoms with Crippen LogP contribution in [0.4, 0.5) is 5.82 Å². The summed E-state index contributed by atoms with van der Waals surface area (Å²) < 4.78 is 6.99. The van der Waals surface area contributed by atoms with Crippen LogP contribution in [0, 0.1) is 22.7 Å². The molecule has 1 saturated heterocycles. The van der Waals surface area contributed by atoms with E-state index in [1.54, 1.807) is 6.92 Å². The fraction of sp³-hybridized carbons (Fsp3) is 0.583. The Morgan fingerprint density at radius 2 is 2.37 bits per heavy atom. The normalized spacial score (nSPS) is 43.6. The molecule has 3 rings (SSSR count). The van der Waals surface area contributed by atoms with Gasteiger partial charge in [-0.1, -0.05) is 13.8 Å². The molecule has 100 valence electrons. The fourth-order valence-corrected chi connectivity index (χ4v) is 3.08. The summed E-state index contributed by atoms with van der Waals surface area (Å²) in [7, 11) is 0. The number of aliphatic hydroxyl groups excluding tert-OH is 1. The average molecular weight is 262 g/mol. The third-order valence-corrected chi connectivity index (χ3v) is 4.64. The Kier molecular flexibility index (Phi) is 2.14. The maximum Gasteiger partial charge on any atom is 0.351 e. The van der Waals surface area contributed by atoms with E-state index >= 15 is 0 Å². The lowest BCUT2D eigenvalue weighted by Gasteiger charge is -2.24. The van der Waals surface area contributed by atoms with Crippen molar-refractivity contribution in [1.82, 2.24) is 9.55 Å². The molecule has 0 bridgehead atoms. The van der Waals surface area contributed by atoms with E-state index in [-0.39, 0.29) is 11.7 Å². The monoisotopic (exact) mass is 262 g/mol. The number of aromatic nitrogens is 2. The standard InChI is InChI=1S/C12H14N4O3/c1-6-8(16-4-3-7(14)15-10(16)18)19-12(5-13)9(17)11(6,12)2/h3-4,6,8-9,17H,1-2H3,(H2,14,15,18)/t6-,8+,9?,11-,12+/m0/s1. The van der Waals surface area contributed by atoms with Crippen molar-refractivity contribution < 1.29 is 9.84 Å². The summed E-state index contributed by atoms with van der Waals surface area (Å²) in [5.41, 5.74) is 3.03. The zero-order valence-corrected chi connectivity index (χ0v) is 10.6. The smallest absolute Gasteiger partial charge is 0.351 e. The van der Waals surface area contributed by atoms with Gasteiger partial charge in [-0.25, -0.2) is 4.79 Å². The Balaban J connectivity index is 2.03. The van der Waals surface area contributed by atoms with Crippen LogP contribution in [0.15, 0.2) is 17.1 Å². The lowest BCUT2D eigenvalue weighted by atomic mass is 9.90. The summed E-state index contributed by atoms with van der Waals surface area (Å²) in [6.45, 7) is 3.64. The molecule has 0 radical (unpaired) electrons. The Bertz CT molecular complexity index is 651. The number of nitriles is 1. The first-order valence-corrected chi connectivity index (χ1v) is 6.00. The van der Waals surface area contributed by atoms with Crippen LogP contribution in [0.3, 0.4) is 0 Å². The molecule has 1 aliphatic carbocycles. The van der Waals surface area contributed by atoms with E-state index < -0.39 is 29.0 Å². The van der Waals surface area contributed by atoms with Gasteiger partial charge >= 0.3 is 5.69 Å². The molecule has 19 heavy (non-hydrogen) atoms. The molecule has 0 aromatic carbocycles. The Morgan fingerprint density at radius 3 is 2.89 bits per heavy atom. The molecular formula is C12H14N4O3. The maximum atomic E-state index is 11.8. The van der Waals surface area contributed by atoms with Gasteiger partial charge in [0.1, 0.15) is 24.2 Å². The number of nitrogens with zero attached hydrogens (tertiary/aromatic N) is 3. The van der Waals surface area contributed by atoms with E-state index in [4.69, 9.17) is 10.5 Å². The van der Waals surface area contributed by atoms with Gasteiger partial charge in [0.05, 0.1) is 0 Å². The van der Waals surface area contributed by atoms with Crippen LogP contribution >= 0.6 is 0 Å². The number of aliphatic hydroxyl groups is 1. The van der Waals surface area contributed by atoms with Crippen molar-refractivity contribution in [2.45, 2.75) is 31.8 Å². The first-order valence-electron chi connectivity index (χ1n) is 6.00. The molecule has 2 aliphatic rings. The van der Waals surface area contributed by atoms with Crippen molar-refractivity contribution in [3.05, 3.63) is 22.7 Å². The lowest BCUT2D eigenvalue weighted by molar-refractivity contribution is -0.0612. The van der Waals surface area contributed by atoms with Crippen LogP contribution < -0.4 is 11.4 Å². The van der Waals surface area contributed by atoms with E-state index in [9.17, 15) is 15.2 Å². The number of hydrogen-bond donors (Lipinski definition) is 2. The van der Waals surface area contributed by atoms with Crippen molar-refractivity contribution in [1.29, 1.82) is 5.26 Å². The zero-order chi connectivity index (χ0) is 14.0. The summed E-state index contributed by atoms with van der Waals surface area (Å²) in [4.78, 5) is 15.5. The third kappa shape index (κ3) is 1.18. The van der Waals surface area contributed by atoms with Gasteiger partial charge in [-0.2, -0.15) is 10.2 Å². The molecule has 2 fully saturated rings. The number of nitrogen functional groups attached to an aromatic ring is 1. The summed E-state index contributed by atoms with van der Waals surface area (Å²) in [5, 5.41) is 19.2. The van der Waals surface area contributed by atoms with E-state index in [1.807, 2.05) is 13.0 Å². The number of nitrogens with two attached hydrogens (primary N) is 1. The number of rotatable bonds is 1. The second kappa shape index (κ2) is 3.35. The predicted octanol–water partition coefficient (Wildman–Crippen LogP) is -0.366. The number of ether oxygens (including phenoxy) is 1. The van der Waals surface area contributed by atoms with Crippen LogP contribution in [-0.4, -0.2) is 26.4 Å². The van der Waals surface area contributed by atoms with E-state index in [0.29, 0.717) is 0 Å². The van der Waals surface area contributed by atoms with Gasteiger partial charge in [0.15, 0.2) is 5.60 Å². The first-order chi connectivity index (χ1) is 8.88. The molecule has 1 aromatic rings. The molecule has 0 amide bonds. The first kappa shape index (κ1) is 12.1. The molecular weight excluding hydrogens is 248 g/mol. The summed E-state index contributed by atoms with van der Waals surface area (Å²) in [6, 6.07) is 3.53. The van der Waals surface area contributed by atoms with Gasteiger partial charge in [0.2, 0.25) is 0 Å². The highest BCUT2D eigenvalue weighted by Gasteiger charge is 2.84. The highest BCUT2D eigenvalue weighted by Crippen LogP contribution is 2.71. The molecule has 1 unspecified atom stereocenters. The van der Waals surface area contributed by atoms with E-state index in [0.717, 1.165) is 0 Å². The second-order valence-electron chi connectivity index (χ2n) is 5.37. The molecule has 7 heteroatoms. The van der Waals surface area contributed by atoms with Gasteiger partial charge in [-0.15, -0.1) is 0 Å². The van der Waals surface area contributed by atoms with Gasteiger partial charge in [0, 0.05) is 17.5 Å². The summed E-state index contributed by atoms with van der Waals surface area (Å²) in [5.74, 6) is -0.0522. The van der Waals surface area contributed by atoms with Crippen molar-refractivity contribution >= 4 is 5.82 Å². The van der Waals surface area contributed by atoms with Crippen molar-refractivity contribution in [2.24, 2.45) is 11.3 Å².